The van der Waals surface area contributed by atoms with Crippen LogP contribution in [-0.2, 0) is 0 Å². The monoisotopic (exact) mass is 260 g/mol. The number of hydrogen-bond acceptors (Lipinski definition) is 4. The van der Waals surface area contributed by atoms with Crippen molar-refractivity contribution in [3.8, 4) is 17.6 Å². The van der Waals surface area contributed by atoms with Crippen LogP contribution in [0.2, 0.25) is 0 Å². The van der Waals surface area contributed by atoms with E-state index in [-0.39, 0.29) is 6.61 Å². The Bertz CT molecular complexity index is 476. The van der Waals surface area contributed by atoms with Crippen molar-refractivity contribution < 1.29 is 9.47 Å². The largest absolute Gasteiger partial charge is 0.493 e. The number of nitrogens with one attached hydrogen (secondary N) is 1. The van der Waals surface area contributed by atoms with Crippen molar-refractivity contribution >= 4 is 6.08 Å². The summed E-state index contributed by atoms with van der Waals surface area (Å²) in [7, 11) is 1.59. The molecular formula is C15H20N2O2. The molecule has 1 aromatic rings. The zero-order valence-corrected chi connectivity index (χ0v) is 11.7. The molecular weight excluding hydrogens is 240 g/mol. The highest BCUT2D eigenvalue weighted by molar-refractivity contribution is 5.58. The second kappa shape index (κ2) is 8.17. The lowest BCUT2D eigenvalue weighted by molar-refractivity contribution is 0.329. The summed E-state index contributed by atoms with van der Waals surface area (Å²) in [6, 6.07) is 7.62. The molecule has 0 atom stereocenters. The molecule has 0 saturated carbocycles. The lowest BCUT2D eigenvalue weighted by atomic mass is 10.1. The van der Waals surface area contributed by atoms with Crippen LogP contribution in [-0.4, -0.2) is 26.8 Å². The molecule has 0 aliphatic rings. The normalized spacial score (nSPS) is 10.9. The van der Waals surface area contributed by atoms with E-state index in [1.807, 2.05) is 24.3 Å². The van der Waals surface area contributed by atoms with Gasteiger partial charge in [0.1, 0.15) is 6.07 Å². The molecule has 1 rings (SSSR count). The minimum Gasteiger partial charge on any atom is -0.493 e. The van der Waals surface area contributed by atoms with Crippen LogP contribution in [0.25, 0.3) is 6.08 Å². The number of nitrogens with zero attached hydrogens (tertiary/aromatic N) is 1. The van der Waals surface area contributed by atoms with Crippen LogP contribution in [0.1, 0.15) is 19.4 Å². The van der Waals surface area contributed by atoms with Gasteiger partial charge >= 0.3 is 0 Å². The van der Waals surface area contributed by atoms with Crippen molar-refractivity contribution in [1.29, 1.82) is 5.26 Å². The number of methoxy groups -OCH3 is 1. The fraction of sp³-hybridized carbons (Fsp3) is 0.400. The van der Waals surface area contributed by atoms with E-state index in [1.165, 1.54) is 5.57 Å². The zero-order valence-electron chi connectivity index (χ0n) is 11.7. The van der Waals surface area contributed by atoms with Crippen molar-refractivity contribution in [1.82, 2.24) is 5.32 Å². The van der Waals surface area contributed by atoms with Gasteiger partial charge in [-0.25, -0.2) is 0 Å². The first-order chi connectivity index (χ1) is 9.21. The highest BCUT2D eigenvalue weighted by atomic mass is 16.5. The molecule has 4 heteroatoms. The van der Waals surface area contributed by atoms with Gasteiger partial charge in [-0.1, -0.05) is 24.6 Å². The Morgan fingerprint density at radius 2 is 2.21 bits per heavy atom. The number of ether oxygens (including phenoxy) is 2. The second-order valence-electron chi connectivity index (χ2n) is 4.13. The van der Waals surface area contributed by atoms with E-state index >= 15 is 0 Å². The van der Waals surface area contributed by atoms with Crippen LogP contribution in [0.3, 0.4) is 0 Å². The number of likely N-dealkylation sites (N-methyl/N-ethyl adjacent to an activating group) is 1. The van der Waals surface area contributed by atoms with Crippen LogP contribution in [0.4, 0.5) is 0 Å². The van der Waals surface area contributed by atoms with Crippen molar-refractivity contribution in [2.45, 2.75) is 13.8 Å². The molecule has 1 aromatic carbocycles. The molecule has 4 nitrogen and oxygen atoms in total. The van der Waals surface area contributed by atoms with E-state index in [0.717, 1.165) is 18.7 Å². The molecule has 19 heavy (non-hydrogen) atoms. The molecule has 0 aliphatic carbocycles. The smallest absolute Gasteiger partial charge is 0.174 e. The highest BCUT2D eigenvalue weighted by Gasteiger charge is 2.04. The van der Waals surface area contributed by atoms with Crippen LogP contribution in [0.15, 0.2) is 23.8 Å². The van der Waals surface area contributed by atoms with Crippen LogP contribution in [0, 0.1) is 11.3 Å². The summed E-state index contributed by atoms with van der Waals surface area (Å²) in [6.07, 6.45) is 2.10. The minimum atomic E-state index is 0.0188. The van der Waals surface area contributed by atoms with Crippen molar-refractivity contribution in [2.75, 3.05) is 26.8 Å². The lowest BCUT2D eigenvalue weighted by Gasteiger charge is -2.09. The van der Waals surface area contributed by atoms with E-state index < -0.39 is 0 Å². The van der Waals surface area contributed by atoms with Gasteiger partial charge in [0.25, 0.3) is 0 Å². The molecule has 0 fully saturated rings. The molecule has 0 unspecified atom stereocenters. The summed E-state index contributed by atoms with van der Waals surface area (Å²) < 4.78 is 10.5. The fourth-order valence-electron chi connectivity index (χ4n) is 1.66. The van der Waals surface area contributed by atoms with E-state index in [1.54, 1.807) is 7.11 Å². The molecule has 0 amide bonds. The third-order valence-corrected chi connectivity index (χ3v) is 2.55. The Kier molecular flexibility index (Phi) is 6.48. The first-order valence-corrected chi connectivity index (χ1v) is 6.27. The summed E-state index contributed by atoms with van der Waals surface area (Å²) in [4.78, 5) is 0. The summed E-state index contributed by atoms with van der Waals surface area (Å²) >= 11 is 0. The van der Waals surface area contributed by atoms with Gasteiger partial charge in [0.15, 0.2) is 18.1 Å². The maximum absolute atomic E-state index is 8.51. The standard InChI is InChI=1S/C15H20N2O2/c1-4-17-11-12(2)9-13-5-6-14(19-8-7-16)15(10-13)18-3/h5-6,9-10,17H,4,8,11H2,1-3H3. The van der Waals surface area contributed by atoms with E-state index in [0.29, 0.717) is 11.5 Å². The second-order valence-corrected chi connectivity index (χ2v) is 4.13. The Morgan fingerprint density at radius 3 is 2.84 bits per heavy atom. The van der Waals surface area contributed by atoms with Crippen molar-refractivity contribution in [2.24, 2.45) is 0 Å². The SMILES string of the molecule is CCNCC(C)=Cc1ccc(OCC#N)c(OC)c1. The van der Waals surface area contributed by atoms with Gasteiger partial charge in [-0.2, -0.15) is 5.26 Å². The fourth-order valence-corrected chi connectivity index (χ4v) is 1.66. The molecule has 0 radical (unpaired) electrons. The number of rotatable bonds is 7. The van der Waals surface area contributed by atoms with Gasteiger partial charge in [0, 0.05) is 6.54 Å². The van der Waals surface area contributed by atoms with Gasteiger partial charge in [-0.05, 0) is 31.2 Å². The number of hydrogen-bond donors (Lipinski definition) is 1. The van der Waals surface area contributed by atoms with Crippen LogP contribution in [0.5, 0.6) is 11.5 Å². The Labute approximate surface area is 114 Å². The molecule has 1 N–H and O–H groups in total. The van der Waals surface area contributed by atoms with Crippen LogP contribution >= 0.6 is 0 Å². The maximum atomic E-state index is 8.51. The van der Waals surface area contributed by atoms with Crippen LogP contribution < -0.4 is 14.8 Å². The third kappa shape index (κ3) is 5.02. The van der Waals surface area contributed by atoms with Gasteiger partial charge in [0.05, 0.1) is 7.11 Å². The average molecular weight is 260 g/mol. The Hall–Kier alpha value is -1.99. The topological polar surface area (TPSA) is 54.3 Å². The van der Waals surface area contributed by atoms with E-state index in [2.05, 4.69) is 25.2 Å². The highest BCUT2D eigenvalue weighted by Crippen LogP contribution is 2.28. The van der Waals surface area contributed by atoms with Crippen molar-refractivity contribution in [3.63, 3.8) is 0 Å². The minimum absolute atomic E-state index is 0.0188. The third-order valence-electron chi connectivity index (χ3n) is 2.55. The van der Waals surface area contributed by atoms with Gasteiger partial charge in [-0.3, -0.25) is 0 Å². The first-order valence-electron chi connectivity index (χ1n) is 6.27. The molecule has 0 spiro atoms. The first kappa shape index (κ1) is 15.1. The predicted octanol–water partition coefficient (Wildman–Crippen LogP) is 2.61. The van der Waals surface area contributed by atoms with Crippen molar-refractivity contribution in [3.05, 3.63) is 29.3 Å². The summed E-state index contributed by atoms with van der Waals surface area (Å²) in [5, 5.41) is 11.8. The molecule has 102 valence electrons. The Morgan fingerprint density at radius 1 is 1.42 bits per heavy atom. The summed E-state index contributed by atoms with van der Waals surface area (Å²) in [5.41, 5.74) is 2.30. The average Bonchev–Trinajstić information content (AvgIpc) is 2.43. The van der Waals surface area contributed by atoms with Gasteiger partial charge < -0.3 is 14.8 Å². The van der Waals surface area contributed by atoms with E-state index in [9.17, 15) is 0 Å². The number of nitriles is 1. The summed E-state index contributed by atoms with van der Waals surface area (Å²) in [6.45, 7) is 6.00. The van der Waals surface area contributed by atoms with Gasteiger partial charge in [0.2, 0.25) is 0 Å². The maximum Gasteiger partial charge on any atom is 0.174 e. The number of benzene rings is 1. The van der Waals surface area contributed by atoms with E-state index in [4.69, 9.17) is 14.7 Å². The molecule has 0 heterocycles. The Balaban J connectivity index is 2.84. The van der Waals surface area contributed by atoms with Gasteiger partial charge in [-0.15, -0.1) is 0 Å². The lowest BCUT2D eigenvalue weighted by Crippen LogP contribution is -2.14. The zero-order chi connectivity index (χ0) is 14.1. The molecule has 0 aliphatic heterocycles. The quantitative estimate of drug-likeness (QED) is 0.818. The summed E-state index contributed by atoms with van der Waals surface area (Å²) in [5.74, 6) is 1.23. The molecule has 0 bridgehead atoms. The molecule has 0 aromatic heterocycles. The molecule has 0 saturated heterocycles. The predicted molar refractivity (Wildman–Crippen MR) is 76.3 cm³/mol.